The molecule has 0 radical (unpaired) electrons. The predicted octanol–water partition coefficient (Wildman–Crippen LogP) is 10.4. The Labute approximate surface area is 224 Å². The van der Waals surface area contributed by atoms with Gasteiger partial charge in [0.1, 0.15) is 0 Å². The first-order chi connectivity index (χ1) is 17.5. The average molecular weight is 531 g/mol. The van der Waals surface area contributed by atoms with Crippen LogP contribution in [0.3, 0.4) is 0 Å². The number of aromatic amines is 1. The number of allylic oxidation sites excluding steroid dienone is 2. The molecule has 2 aromatic carbocycles. The summed E-state index contributed by atoms with van der Waals surface area (Å²) in [6, 6.07) is 6.38. The molecular formula is C31H38ClF3N2. The number of H-pyrrole nitrogens is 1. The Morgan fingerprint density at radius 2 is 1.76 bits per heavy atom. The summed E-state index contributed by atoms with van der Waals surface area (Å²) < 4.78 is 43.2. The first-order valence-electron chi connectivity index (χ1n) is 12.8. The summed E-state index contributed by atoms with van der Waals surface area (Å²) in [6.07, 6.45) is 8.42. The van der Waals surface area contributed by atoms with Gasteiger partial charge in [0.05, 0.1) is 5.02 Å². The number of halogens is 4. The summed E-state index contributed by atoms with van der Waals surface area (Å²) >= 11 is 5.96. The van der Waals surface area contributed by atoms with Crippen LogP contribution < -0.4 is 0 Å². The molecule has 0 saturated carbocycles. The van der Waals surface area contributed by atoms with E-state index in [9.17, 15) is 13.2 Å². The molecule has 6 heteroatoms. The number of nitrogens with zero attached hydrogens (tertiary/aromatic N) is 1. The van der Waals surface area contributed by atoms with Crippen LogP contribution in [0.5, 0.6) is 0 Å². The summed E-state index contributed by atoms with van der Waals surface area (Å²) in [5.41, 5.74) is 4.85. The summed E-state index contributed by atoms with van der Waals surface area (Å²) in [5, 5.41) is 0.502. The van der Waals surface area contributed by atoms with E-state index in [1.807, 2.05) is 26.1 Å². The Morgan fingerprint density at radius 3 is 2.38 bits per heavy atom. The van der Waals surface area contributed by atoms with Crippen molar-refractivity contribution in [3.8, 4) is 0 Å². The SMILES string of the molecule is C=C(C)/C=C\N=C(C)CCC.CCCCc1c(C(C)c2ccc(C)c(F)c2F)[nH]c2ccc(Cl)c(F)c12. The monoisotopic (exact) mass is 530 g/mol. The van der Waals surface area contributed by atoms with E-state index in [1.165, 1.54) is 18.7 Å². The zero-order valence-electron chi connectivity index (χ0n) is 22.7. The van der Waals surface area contributed by atoms with Gasteiger partial charge in [0.15, 0.2) is 17.5 Å². The molecule has 1 unspecified atom stereocenters. The third-order valence-electron chi connectivity index (χ3n) is 6.24. The highest BCUT2D eigenvalue weighted by Crippen LogP contribution is 2.37. The molecule has 0 aliphatic carbocycles. The van der Waals surface area contributed by atoms with Gasteiger partial charge in [0, 0.05) is 34.4 Å². The van der Waals surface area contributed by atoms with E-state index in [1.54, 1.807) is 25.1 Å². The van der Waals surface area contributed by atoms with Gasteiger partial charge in [-0.25, -0.2) is 13.2 Å². The van der Waals surface area contributed by atoms with E-state index in [0.29, 0.717) is 23.0 Å². The summed E-state index contributed by atoms with van der Waals surface area (Å²) in [4.78, 5) is 7.44. The van der Waals surface area contributed by atoms with Gasteiger partial charge in [0.2, 0.25) is 0 Å². The number of hydrogen-bond acceptors (Lipinski definition) is 1. The molecule has 0 aliphatic rings. The van der Waals surface area contributed by atoms with Crippen molar-refractivity contribution in [2.75, 3.05) is 0 Å². The molecule has 37 heavy (non-hydrogen) atoms. The Balaban J connectivity index is 0.000000371. The molecule has 200 valence electrons. The Bertz CT molecular complexity index is 1290. The van der Waals surface area contributed by atoms with Crippen LogP contribution in [0.1, 0.15) is 88.6 Å². The summed E-state index contributed by atoms with van der Waals surface area (Å²) in [5.74, 6) is -2.60. The van der Waals surface area contributed by atoms with Gasteiger partial charge in [-0.05, 0) is 74.9 Å². The average Bonchev–Trinajstić information content (AvgIpc) is 3.22. The van der Waals surface area contributed by atoms with Gasteiger partial charge in [0.25, 0.3) is 0 Å². The van der Waals surface area contributed by atoms with Gasteiger partial charge in [-0.2, -0.15) is 0 Å². The lowest BCUT2D eigenvalue weighted by Crippen LogP contribution is -2.06. The van der Waals surface area contributed by atoms with Crippen LogP contribution in [0.4, 0.5) is 13.2 Å². The summed E-state index contributed by atoms with van der Waals surface area (Å²) in [6.45, 7) is 15.3. The zero-order valence-corrected chi connectivity index (χ0v) is 23.5. The maximum atomic E-state index is 14.7. The van der Waals surface area contributed by atoms with Gasteiger partial charge in [-0.15, -0.1) is 0 Å². The van der Waals surface area contributed by atoms with E-state index >= 15 is 0 Å². The number of benzene rings is 2. The van der Waals surface area contributed by atoms with Crippen LogP contribution in [0, 0.1) is 24.4 Å². The Hall–Kier alpha value is -2.79. The second kappa shape index (κ2) is 14.2. The highest BCUT2D eigenvalue weighted by atomic mass is 35.5. The molecular weight excluding hydrogens is 493 g/mol. The number of unbranched alkanes of at least 4 members (excludes halogenated alkanes) is 1. The molecule has 0 bridgehead atoms. The minimum Gasteiger partial charge on any atom is -0.358 e. The van der Waals surface area contributed by atoms with Crippen LogP contribution in [0.2, 0.25) is 5.02 Å². The maximum Gasteiger partial charge on any atom is 0.162 e. The molecule has 1 atom stereocenters. The number of aromatic nitrogens is 1. The van der Waals surface area contributed by atoms with Crippen LogP contribution in [0.15, 0.2) is 53.7 Å². The molecule has 1 N–H and O–H groups in total. The summed E-state index contributed by atoms with van der Waals surface area (Å²) in [7, 11) is 0. The fourth-order valence-electron chi connectivity index (χ4n) is 4.16. The number of rotatable bonds is 9. The Kier molecular flexibility index (Phi) is 11.7. The molecule has 0 aliphatic heterocycles. The van der Waals surface area contributed by atoms with Crippen molar-refractivity contribution >= 4 is 28.2 Å². The van der Waals surface area contributed by atoms with Crippen molar-refractivity contribution in [3.63, 3.8) is 0 Å². The smallest absolute Gasteiger partial charge is 0.162 e. The number of aryl methyl sites for hydroxylation is 2. The lowest BCUT2D eigenvalue weighted by molar-refractivity contribution is 0.490. The molecule has 1 heterocycles. The highest BCUT2D eigenvalue weighted by Gasteiger charge is 2.24. The molecule has 0 fully saturated rings. The van der Waals surface area contributed by atoms with E-state index in [-0.39, 0.29) is 16.1 Å². The third-order valence-corrected chi connectivity index (χ3v) is 6.53. The van der Waals surface area contributed by atoms with Gasteiger partial charge in [-0.3, -0.25) is 4.99 Å². The quantitative estimate of drug-likeness (QED) is 0.210. The van der Waals surface area contributed by atoms with E-state index in [2.05, 4.69) is 30.4 Å². The van der Waals surface area contributed by atoms with Crippen molar-refractivity contribution in [2.45, 2.75) is 79.6 Å². The molecule has 3 rings (SSSR count). The van der Waals surface area contributed by atoms with Crippen molar-refractivity contribution < 1.29 is 13.2 Å². The number of fused-ring (bicyclic) bond motifs is 1. The number of aliphatic imine (C=N–C) groups is 1. The van der Waals surface area contributed by atoms with Crippen LogP contribution in [-0.2, 0) is 6.42 Å². The van der Waals surface area contributed by atoms with Crippen LogP contribution >= 0.6 is 11.6 Å². The third kappa shape index (κ3) is 7.85. The second-order valence-corrected chi connectivity index (χ2v) is 9.91. The van der Waals surface area contributed by atoms with Crippen molar-refractivity contribution in [1.29, 1.82) is 0 Å². The zero-order chi connectivity index (χ0) is 27.7. The van der Waals surface area contributed by atoms with Crippen LogP contribution in [0.25, 0.3) is 10.9 Å². The fourth-order valence-corrected chi connectivity index (χ4v) is 4.31. The van der Waals surface area contributed by atoms with E-state index in [4.69, 9.17) is 11.6 Å². The first kappa shape index (κ1) is 30.4. The lowest BCUT2D eigenvalue weighted by atomic mass is 9.91. The largest absolute Gasteiger partial charge is 0.358 e. The molecule has 0 amide bonds. The van der Waals surface area contributed by atoms with Crippen molar-refractivity contribution in [2.24, 2.45) is 4.99 Å². The van der Waals surface area contributed by atoms with Gasteiger partial charge < -0.3 is 4.98 Å². The molecule has 0 saturated heterocycles. The maximum absolute atomic E-state index is 14.7. The predicted molar refractivity (Wildman–Crippen MR) is 152 cm³/mol. The van der Waals surface area contributed by atoms with Crippen LogP contribution in [-0.4, -0.2) is 10.7 Å². The first-order valence-corrected chi connectivity index (χ1v) is 13.2. The lowest BCUT2D eigenvalue weighted by Gasteiger charge is -2.15. The minimum atomic E-state index is -0.851. The highest BCUT2D eigenvalue weighted by molar-refractivity contribution is 6.31. The van der Waals surface area contributed by atoms with E-state index in [0.717, 1.165) is 36.8 Å². The number of nitrogens with one attached hydrogen (secondary N) is 1. The molecule has 0 spiro atoms. The van der Waals surface area contributed by atoms with E-state index < -0.39 is 23.4 Å². The Morgan fingerprint density at radius 1 is 1.05 bits per heavy atom. The van der Waals surface area contributed by atoms with Crippen molar-refractivity contribution in [3.05, 3.63) is 93.6 Å². The normalized spacial score (nSPS) is 12.6. The molecule has 1 aromatic heterocycles. The standard InChI is InChI=1S/C21H21ClF3N.C10H17N/c1-4-5-6-14-17-16(10-9-15(22)20(17)25)26-21(14)12(3)13-8-7-11(2)18(23)19(13)24;1-5-6-10(4)11-8-7-9(2)3/h7-10,12,26H,4-6H2,1-3H3;7-8H,2,5-6H2,1,3-4H3/b;8-7-,11-10?. The fraction of sp³-hybridized carbons (Fsp3) is 0.387. The molecule has 3 aromatic rings. The topological polar surface area (TPSA) is 28.1 Å². The molecule has 2 nitrogen and oxygen atoms in total. The minimum absolute atomic E-state index is 0.0565. The van der Waals surface area contributed by atoms with Crippen molar-refractivity contribution in [1.82, 2.24) is 4.98 Å². The number of hydrogen-bond donors (Lipinski definition) is 1. The second-order valence-electron chi connectivity index (χ2n) is 9.50. The van der Waals surface area contributed by atoms with Gasteiger partial charge in [-0.1, -0.05) is 69.5 Å². The van der Waals surface area contributed by atoms with Gasteiger partial charge >= 0.3 is 0 Å².